The molecule has 0 fully saturated rings. The molecule has 0 saturated heterocycles. The summed E-state index contributed by atoms with van der Waals surface area (Å²) in [5.41, 5.74) is 2.97. The maximum atomic E-state index is 11.2. The molecule has 0 aliphatic carbocycles. The Labute approximate surface area is 171 Å². The molecule has 29 heavy (non-hydrogen) atoms. The molecule has 2 N–H and O–H groups in total. The maximum Gasteiger partial charge on any atom is 0.333 e. The first kappa shape index (κ1) is 22.7. The predicted molar refractivity (Wildman–Crippen MR) is 112 cm³/mol. The molecule has 0 saturated carbocycles. The number of ether oxygens (including phenoxy) is 1. The number of hydrogen-bond acceptors (Lipinski definition) is 6. The molecular weight excluding hydrogens is 394 g/mol. The van der Waals surface area contributed by atoms with E-state index in [1.54, 1.807) is 19.1 Å². The molecule has 0 unspecified atom stereocenters. The topological polar surface area (TPSA) is 102 Å². The van der Waals surface area contributed by atoms with Crippen molar-refractivity contribution in [2.45, 2.75) is 32.3 Å². The lowest BCUT2D eigenvalue weighted by Gasteiger charge is -2.13. The summed E-state index contributed by atoms with van der Waals surface area (Å²) < 4.78 is 32.3. The van der Waals surface area contributed by atoms with Crippen LogP contribution in [0.4, 0.5) is 5.69 Å². The highest BCUT2D eigenvalue weighted by Gasteiger charge is 2.17. The summed E-state index contributed by atoms with van der Waals surface area (Å²) in [6.45, 7) is 2.92. The first-order chi connectivity index (χ1) is 13.8. The highest BCUT2D eigenvalue weighted by Crippen LogP contribution is 2.16. The quantitative estimate of drug-likeness (QED) is 0.401. The third kappa shape index (κ3) is 8.53. The van der Waals surface area contributed by atoms with Crippen LogP contribution in [0.2, 0.25) is 0 Å². The Kier molecular flexibility index (Phi) is 8.48. The van der Waals surface area contributed by atoms with E-state index in [1.165, 1.54) is 0 Å². The van der Waals surface area contributed by atoms with Crippen molar-refractivity contribution >= 4 is 21.8 Å². The largest absolute Gasteiger partial charge is 0.479 e. The molecule has 0 bridgehead atoms. The number of hydrogen-bond donors (Lipinski definition) is 2. The second-order valence-corrected chi connectivity index (χ2v) is 8.22. The van der Waals surface area contributed by atoms with Crippen molar-refractivity contribution in [3.8, 4) is 5.75 Å². The van der Waals surface area contributed by atoms with Gasteiger partial charge in [-0.15, -0.1) is 0 Å². The van der Waals surface area contributed by atoms with Crippen molar-refractivity contribution in [2.24, 2.45) is 0 Å². The van der Waals surface area contributed by atoms with Gasteiger partial charge in [0.15, 0.2) is 6.10 Å². The minimum absolute atomic E-state index is 0.309. The van der Waals surface area contributed by atoms with Crippen molar-refractivity contribution < 1.29 is 27.2 Å². The number of aryl methyl sites for hydroxylation is 1. The van der Waals surface area contributed by atoms with Gasteiger partial charge in [0.1, 0.15) is 5.75 Å². The van der Waals surface area contributed by atoms with Gasteiger partial charge in [0.25, 0.3) is 0 Å². The molecule has 2 aromatic rings. The third-order valence-corrected chi connectivity index (χ3v) is 4.66. The number of nitrogens with one attached hydrogen (secondary N) is 1. The van der Waals surface area contributed by atoms with Gasteiger partial charge in [-0.25, -0.2) is 4.79 Å². The molecule has 2 aromatic carbocycles. The first-order valence-electron chi connectivity index (χ1n) is 9.42. The number of anilines is 1. The Morgan fingerprint density at radius 2 is 1.69 bits per heavy atom. The molecule has 0 aliphatic heterocycles. The SMILES string of the molecule is CCO[C@@H](Cc1ccc(NCCCc2ccc(OS(C)(=O)=O)cc2)cc1)C(=O)O. The van der Waals surface area contributed by atoms with Crippen molar-refractivity contribution in [3.05, 3.63) is 59.7 Å². The zero-order chi connectivity index (χ0) is 21.3. The summed E-state index contributed by atoms with van der Waals surface area (Å²) in [4.78, 5) is 11.2. The zero-order valence-corrected chi connectivity index (χ0v) is 17.4. The molecule has 0 radical (unpaired) electrons. The highest BCUT2D eigenvalue weighted by atomic mass is 32.2. The van der Waals surface area contributed by atoms with E-state index < -0.39 is 22.2 Å². The Hall–Kier alpha value is -2.58. The molecule has 0 aliphatic rings. The van der Waals surface area contributed by atoms with Crippen LogP contribution in [-0.4, -0.2) is 45.0 Å². The second-order valence-electron chi connectivity index (χ2n) is 6.65. The minimum atomic E-state index is -3.50. The van der Waals surface area contributed by atoms with Crippen LogP contribution in [0.1, 0.15) is 24.5 Å². The average molecular weight is 422 g/mol. The van der Waals surface area contributed by atoms with Gasteiger partial charge in [0, 0.05) is 25.3 Å². The van der Waals surface area contributed by atoms with Gasteiger partial charge in [-0.05, 0) is 55.2 Å². The molecule has 7 nitrogen and oxygen atoms in total. The van der Waals surface area contributed by atoms with E-state index in [0.717, 1.165) is 42.5 Å². The Morgan fingerprint density at radius 1 is 1.07 bits per heavy atom. The standard InChI is InChI=1S/C21H27NO6S/c1-3-27-20(21(23)24)15-17-6-10-18(11-7-17)22-14-4-5-16-8-12-19(13-9-16)28-29(2,25)26/h6-13,20,22H,3-5,14-15H2,1-2H3,(H,23,24)/t20-/m0/s1. The Morgan fingerprint density at radius 3 is 2.24 bits per heavy atom. The van der Waals surface area contributed by atoms with Gasteiger partial charge in [0.05, 0.1) is 6.26 Å². The van der Waals surface area contributed by atoms with E-state index in [-0.39, 0.29) is 0 Å². The summed E-state index contributed by atoms with van der Waals surface area (Å²) in [6.07, 6.45) is 2.27. The van der Waals surface area contributed by atoms with E-state index >= 15 is 0 Å². The molecular formula is C21H27NO6S. The lowest BCUT2D eigenvalue weighted by Crippen LogP contribution is -2.26. The zero-order valence-electron chi connectivity index (χ0n) is 16.6. The Balaban J connectivity index is 1.75. The molecule has 8 heteroatoms. The van der Waals surface area contributed by atoms with Gasteiger partial charge in [-0.3, -0.25) is 0 Å². The number of benzene rings is 2. The van der Waals surface area contributed by atoms with Crippen molar-refractivity contribution in [2.75, 3.05) is 24.7 Å². The lowest BCUT2D eigenvalue weighted by atomic mass is 10.1. The molecule has 0 amide bonds. The van der Waals surface area contributed by atoms with Crippen LogP contribution in [-0.2, 0) is 32.5 Å². The smallest absolute Gasteiger partial charge is 0.333 e. The first-order valence-corrected chi connectivity index (χ1v) is 11.2. The van der Waals surface area contributed by atoms with Crippen LogP contribution in [0.3, 0.4) is 0 Å². The summed E-state index contributed by atoms with van der Waals surface area (Å²) >= 11 is 0. The summed E-state index contributed by atoms with van der Waals surface area (Å²) in [7, 11) is -3.50. The van der Waals surface area contributed by atoms with E-state index in [2.05, 4.69) is 5.32 Å². The molecule has 0 aromatic heterocycles. The fourth-order valence-corrected chi connectivity index (χ4v) is 3.26. The van der Waals surface area contributed by atoms with Crippen LogP contribution in [0, 0.1) is 0 Å². The minimum Gasteiger partial charge on any atom is -0.479 e. The highest BCUT2D eigenvalue weighted by molar-refractivity contribution is 7.86. The molecule has 0 heterocycles. The maximum absolute atomic E-state index is 11.2. The second kappa shape index (κ2) is 10.8. The summed E-state index contributed by atoms with van der Waals surface area (Å²) in [6, 6.07) is 14.7. The summed E-state index contributed by atoms with van der Waals surface area (Å²) in [5.74, 6) is -0.645. The van der Waals surface area contributed by atoms with Gasteiger partial charge >= 0.3 is 16.1 Å². The third-order valence-electron chi connectivity index (χ3n) is 4.16. The molecule has 158 valence electrons. The van der Waals surface area contributed by atoms with Gasteiger partial charge < -0.3 is 19.3 Å². The predicted octanol–water partition coefficient (Wildman–Crippen LogP) is 3.10. The van der Waals surface area contributed by atoms with Gasteiger partial charge in [0.2, 0.25) is 0 Å². The van der Waals surface area contributed by atoms with E-state index in [4.69, 9.17) is 14.0 Å². The average Bonchev–Trinajstić information content (AvgIpc) is 2.66. The van der Waals surface area contributed by atoms with E-state index in [9.17, 15) is 13.2 Å². The van der Waals surface area contributed by atoms with Gasteiger partial charge in [-0.2, -0.15) is 8.42 Å². The molecule has 2 rings (SSSR count). The van der Waals surface area contributed by atoms with Crippen LogP contribution in [0.5, 0.6) is 5.75 Å². The molecule has 0 spiro atoms. The Bertz CT molecular complexity index is 878. The summed E-state index contributed by atoms with van der Waals surface area (Å²) in [5, 5.41) is 12.5. The number of aliphatic carboxylic acids is 1. The fraction of sp³-hybridized carbons (Fsp3) is 0.381. The lowest BCUT2D eigenvalue weighted by molar-refractivity contribution is -0.149. The van der Waals surface area contributed by atoms with E-state index in [1.807, 2.05) is 36.4 Å². The number of carbonyl (C=O) groups is 1. The monoisotopic (exact) mass is 421 g/mol. The van der Waals surface area contributed by atoms with Crippen molar-refractivity contribution in [1.82, 2.24) is 0 Å². The number of carboxylic acids is 1. The van der Waals surface area contributed by atoms with Crippen LogP contribution >= 0.6 is 0 Å². The number of rotatable bonds is 12. The van der Waals surface area contributed by atoms with Crippen LogP contribution in [0.25, 0.3) is 0 Å². The van der Waals surface area contributed by atoms with Gasteiger partial charge in [-0.1, -0.05) is 24.3 Å². The van der Waals surface area contributed by atoms with Crippen LogP contribution in [0.15, 0.2) is 48.5 Å². The fourth-order valence-electron chi connectivity index (χ4n) is 2.80. The normalized spacial score (nSPS) is 12.3. The van der Waals surface area contributed by atoms with Crippen molar-refractivity contribution in [3.63, 3.8) is 0 Å². The van der Waals surface area contributed by atoms with E-state index in [0.29, 0.717) is 18.8 Å². The van der Waals surface area contributed by atoms with Crippen molar-refractivity contribution in [1.29, 1.82) is 0 Å². The molecule has 1 atom stereocenters. The van der Waals surface area contributed by atoms with Crippen LogP contribution < -0.4 is 9.50 Å². The number of carboxylic acid groups (broad SMARTS) is 1.